The van der Waals surface area contributed by atoms with Crippen molar-refractivity contribution in [1.29, 1.82) is 0 Å². The number of nitrogens with zero attached hydrogens (tertiary/aromatic N) is 1. The lowest BCUT2D eigenvalue weighted by Crippen LogP contribution is -2.44. The second kappa shape index (κ2) is 6.45. The van der Waals surface area contributed by atoms with Crippen LogP contribution in [0.15, 0.2) is 24.3 Å². The number of rotatable bonds is 6. The van der Waals surface area contributed by atoms with E-state index in [-0.39, 0.29) is 17.6 Å². The highest BCUT2D eigenvalue weighted by Crippen LogP contribution is 2.14. The molecule has 1 aromatic carbocycles. The van der Waals surface area contributed by atoms with Crippen LogP contribution in [0.2, 0.25) is 0 Å². The molecule has 0 aliphatic heterocycles. The Bertz CT molecular complexity index is 557. The van der Waals surface area contributed by atoms with E-state index < -0.39 is 27.4 Å². The van der Waals surface area contributed by atoms with Crippen molar-refractivity contribution in [1.82, 2.24) is 4.31 Å². The van der Waals surface area contributed by atoms with Gasteiger partial charge in [-0.3, -0.25) is 4.79 Å². The van der Waals surface area contributed by atoms with Crippen LogP contribution in [0, 0.1) is 5.82 Å². The summed E-state index contributed by atoms with van der Waals surface area (Å²) in [6.45, 7) is 7.06. The van der Waals surface area contributed by atoms with Crippen molar-refractivity contribution in [3.05, 3.63) is 35.6 Å². The van der Waals surface area contributed by atoms with Gasteiger partial charge in [0.2, 0.25) is 10.0 Å². The maximum Gasteiger partial charge on any atom is 0.222 e. The summed E-state index contributed by atoms with van der Waals surface area (Å²) in [4.78, 5) is 12.0. The fourth-order valence-electron chi connectivity index (χ4n) is 2.20. The highest BCUT2D eigenvalue weighted by molar-refractivity contribution is 7.89. The highest BCUT2D eigenvalue weighted by atomic mass is 32.2. The Morgan fingerprint density at radius 3 is 1.95 bits per heavy atom. The molecule has 0 fully saturated rings. The van der Waals surface area contributed by atoms with Crippen LogP contribution >= 0.6 is 0 Å². The Balaban J connectivity index is 2.95. The van der Waals surface area contributed by atoms with E-state index in [0.29, 0.717) is 0 Å². The molecule has 0 saturated carbocycles. The SMILES string of the molecule is CC(C)N(C(C)C)S(=O)(=O)CC(=O)c1ccc(F)cc1. The zero-order valence-corrected chi connectivity index (χ0v) is 12.9. The van der Waals surface area contributed by atoms with Crippen molar-refractivity contribution in [3.8, 4) is 0 Å². The third-order valence-electron chi connectivity index (χ3n) is 2.82. The molecule has 0 atom stereocenters. The second-order valence-corrected chi connectivity index (χ2v) is 7.08. The van der Waals surface area contributed by atoms with Gasteiger partial charge < -0.3 is 0 Å². The Hall–Kier alpha value is -1.27. The summed E-state index contributed by atoms with van der Waals surface area (Å²) in [5.74, 6) is -1.60. The lowest BCUT2D eigenvalue weighted by Gasteiger charge is -2.29. The summed E-state index contributed by atoms with van der Waals surface area (Å²) in [5.41, 5.74) is 0.197. The van der Waals surface area contributed by atoms with Crippen LogP contribution in [0.1, 0.15) is 38.1 Å². The Labute approximate surface area is 119 Å². The van der Waals surface area contributed by atoms with Gasteiger partial charge in [0.1, 0.15) is 11.6 Å². The zero-order chi connectivity index (χ0) is 15.5. The van der Waals surface area contributed by atoms with Crippen LogP contribution in [0.4, 0.5) is 4.39 Å². The van der Waals surface area contributed by atoms with Gasteiger partial charge in [-0.15, -0.1) is 0 Å². The first-order chi connectivity index (χ1) is 9.15. The van der Waals surface area contributed by atoms with Crippen LogP contribution in [-0.4, -0.2) is 36.3 Å². The summed E-state index contributed by atoms with van der Waals surface area (Å²) >= 11 is 0. The molecule has 0 spiro atoms. The summed E-state index contributed by atoms with van der Waals surface area (Å²) in [5, 5.41) is 0. The van der Waals surface area contributed by atoms with Gasteiger partial charge in [0, 0.05) is 17.6 Å². The molecule has 0 saturated heterocycles. The maximum absolute atomic E-state index is 12.8. The molecule has 20 heavy (non-hydrogen) atoms. The summed E-state index contributed by atoms with van der Waals surface area (Å²) in [6, 6.07) is 4.43. The molecule has 0 aliphatic rings. The molecule has 1 aromatic rings. The first-order valence-corrected chi connectivity index (χ1v) is 8.06. The van der Waals surface area contributed by atoms with Gasteiger partial charge >= 0.3 is 0 Å². The van der Waals surface area contributed by atoms with Crippen molar-refractivity contribution in [2.45, 2.75) is 39.8 Å². The Kier molecular flexibility index (Phi) is 5.42. The molecule has 0 heterocycles. The van der Waals surface area contributed by atoms with Crippen LogP contribution in [0.25, 0.3) is 0 Å². The minimum atomic E-state index is -3.69. The number of carbonyl (C=O) groups is 1. The highest BCUT2D eigenvalue weighted by Gasteiger charge is 2.30. The molecule has 6 heteroatoms. The van der Waals surface area contributed by atoms with Crippen LogP contribution in [0.3, 0.4) is 0 Å². The third kappa shape index (κ3) is 4.11. The fourth-order valence-corrected chi connectivity index (χ4v) is 4.13. The largest absolute Gasteiger partial charge is 0.293 e. The first kappa shape index (κ1) is 16.8. The lowest BCUT2D eigenvalue weighted by atomic mass is 10.1. The number of Topliss-reactive ketones (excluding diaryl/α,β-unsaturated/α-hetero) is 1. The molecular formula is C14H20FNO3S. The molecule has 0 amide bonds. The molecule has 1 rings (SSSR count). The number of sulfonamides is 1. The normalized spacial score (nSPS) is 12.4. The predicted molar refractivity (Wildman–Crippen MR) is 76.6 cm³/mol. The Morgan fingerprint density at radius 1 is 1.10 bits per heavy atom. The zero-order valence-electron chi connectivity index (χ0n) is 12.1. The van der Waals surface area contributed by atoms with Crippen molar-refractivity contribution < 1.29 is 17.6 Å². The van der Waals surface area contributed by atoms with Crippen LogP contribution in [0.5, 0.6) is 0 Å². The molecule has 0 unspecified atom stereocenters. The van der Waals surface area contributed by atoms with E-state index in [1.165, 1.54) is 16.4 Å². The summed E-state index contributed by atoms with van der Waals surface area (Å²) < 4.78 is 38.7. The third-order valence-corrected chi connectivity index (χ3v) is 4.93. The van der Waals surface area contributed by atoms with E-state index >= 15 is 0 Å². The number of benzene rings is 1. The average Bonchev–Trinajstić information content (AvgIpc) is 2.26. The van der Waals surface area contributed by atoms with Gasteiger partial charge in [-0.1, -0.05) is 0 Å². The summed E-state index contributed by atoms with van der Waals surface area (Å²) in [6.07, 6.45) is 0. The topological polar surface area (TPSA) is 54.5 Å². The molecule has 0 aromatic heterocycles. The van der Waals surface area contributed by atoms with Crippen LogP contribution in [-0.2, 0) is 10.0 Å². The average molecular weight is 301 g/mol. The molecule has 0 N–H and O–H groups in total. The predicted octanol–water partition coefficient (Wildman–Crippen LogP) is 2.46. The van der Waals surface area contributed by atoms with E-state index in [9.17, 15) is 17.6 Å². The van der Waals surface area contributed by atoms with Crippen molar-refractivity contribution in [3.63, 3.8) is 0 Å². The quantitative estimate of drug-likeness (QED) is 0.758. The first-order valence-electron chi connectivity index (χ1n) is 6.45. The smallest absolute Gasteiger partial charge is 0.222 e. The van der Waals surface area contributed by atoms with Gasteiger partial charge in [0.05, 0.1) is 0 Å². The van der Waals surface area contributed by atoms with Gasteiger partial charge in [0.15, 0.2) is 5.78 Å². The van der Waals surface area contributed by atoms with Crippen LogP contribution < -0.4 is 0 Å². The van der Waals surface area contributed by atoms with E-state index in [2.05, 4.69) is 0 Å². The second-order valence-electron chi connectivity index (χ2n) is 5.20. The number of ketones is 1. The molecule has 0 radical (unpaired) electrons. The standard InChI is InChI=1S/C14H20FNO3S/c1-10(2)16(11(3)4)20(18,19)9-14(17)12-5-7-13(15)8-6-12/h5-8,10-11H,9H2,1-4H3. The van der Waals surface area contributed by atoms with Gasteiger partial charge in [-0.2, -0.15) is 4.31 Å². The monoisotopic (exact) mass is 301 g/mol. The Morgan fingerprint density at radius 2 is 1.55 bits per heavy atom. The number of halogens is 1. The van der Waals surface area contributed by atoms with Gasteiger partial charge in [-0.05, 0) is 52.0 Å². The minimum Gasteiger partial charge on any atom is -0.293 e. The molecule has 112 valence electrons. The fraction of sp³-hybridized carbons (Fsp3) is 0.500. The molecule has 0 aliphatic carbocycles. The lowest BCUT2D eigenvalue weighted by molar-refractivity contribution is 0.101. The maximum atomic E-state index is 12.8. The van der Waals surface area contributed by atoms with Crippen molar-refractivity contribution >= 4 is 15.8 Å². The van der Waals surface area contributed by atoms with E-state index in [4.69, 9.17) is 0 Å². The van der Waals surface area contributed by atoms with E-state index in [0.717, 1.165) is 12.1 Å². The molecular weight excluding hydrogens is 281 g/mol. The van der Waals surface area contributed by atoms with E-state index in [1.54, 1.807) is 27.7 Å². The number of carbonyl (C=O) groups excluding carboxylic acids is 1. The van der Waals surface area contributed by atoms with Gasteiger partial charge in [0.25, 0.3) is 0 Å². The van der Waals surface area contributed by atoms with Crippen molar-refractivity contribution in [2.75, 3.05) is 5.75 Å². The van der Waals surface area contributed by atoms with Crippen molar-refractivity contribution in [2.24, 2.45) is 0 Å². The number of hydrogen-bond acceptors (Lipinski definition) is 3. The summed E-state index contributed by atoms with van der Waals surface area (Å²) in [7, 11) is -3.69. The minimum absolute atomic E-state index is 0.197. The molecule has 0 bridgehead atoms. The van der Waals surface area contributed by atoms with E-state index in [1.807, 2.05) is 0 Å². The van der Waals surface area contributed by atoms with Gasteiger partial charge in [-0.25, -0.2) is 12.8 Å². The number of hydrogen-bond donors (Lipinski definition) is 0. The molecule has 4 nitrogen and oxygen atoms in total.